The van der Waals surface area contributed by atoms with Crippen molar-refractivity contribution in [2.45, 2.75) is 6.54 Å². The number of rotatable bonds is 2. The maximum Gasteiger partial charge on any atom is 0.273 e. The Balaban J connectivity index is 2.45. The van der Waals surface area contributed by atoms with Gasteiger partial charge < -0.3 is 0 Å². The van der Waals surface area contributed by atoms with Crippen LogP contribution in [0.25, 0.3) is 0 Å². The summed E-state index contributed by atoms with van der Waals surface area (Å²) in [6.07, 6.45) is 1.31. The highest BCUT2D eigenvalue weighted by Crippen LogP contribution is 2.14. The molecule has 0 aliphatic rings. The molecular weight excluding hydrogens is 273 g/mol. The Hall–Kier alpha value is -1.83. The van der Waals surface area contributed by atoms with Crippen LogP contribution < -0.4 is 5.56 Å². The quantitative estimate of drug-likeness (QED) is 0.794. The van der Waals surface area contributed by atoms with Crippen LogP contribution in [-0.2, 0) is 6.54 Å². The van der Waals surface area contributed by atoms with Gasteiger partial charge in [-0.25, -0.2) is 4.98 Å². The van der Waals surface area contributed by atoms with E-state index in [0.717, 1.165) is 5.56 Å². The van der Waals surface area contributed by atoms with Gasteiger partial charge in [0.15, 0.2) is 5.15 Å². The number of halogens is 2. The smallest absolute Gasteiger partial charge is 0.273 e. The van der Waals surface area contributed by atoms with Gasteiger partial charge >= 0.3 is 0 Å². The highest BCUT2D eigenvalue weighted by molar-refractivity contribution is 6.40. The number of benzene rings is 1. The third kappa shape index (κ3) is 2.37. The molecule has 6 heteroatoms. The van der Waals surface area contributed by atoms with E-state index in [1.54, 1.807) is 24.3 Å². The van der Waals surface area contributed by atoms with Gasteiger partial charge in [-0.15, -0.1) is 0 Å². The average molecular weight is 280 g/mol. The van der Waals surface area contributed by atoms with Crippen LogP contribution >= 0.6 is 23.2 Å². The number of hydrogen-bond donors (Lipinski definition) is 0. The Kier molecular flexibility index (Phi) is 3.66. The molecule has 1 heterocycles. The fourth-order valence-corrected chi connectivity index (χ4v) is 1.79. The summed E-state index contributed by atoms with van der Waals surface area (Å²) in [5.74, 6) is 0. The monoisotopic (exact) mass is 279 g/mol. The van der Waals surface area contributed by atoms with Crippen molar-refractivity contribution < 1.29 is 0 Å². The van der Waals surface area contributed by atoms with Crippen molar-refractivity contribution in [2.24, 2.45) is 0 Å². The minimum Gasteiger partial charge on any atom is -0.293 e. The van der Waals surface area contributed by atoms with Crippen molar-refractivity contribution >= 4 is 23.2 Å². The lowest BCUT2D eigenvalue weighted by Crippen LogP contribution is -2.22. The lowest BCUT2D eigenvalue weighted by atomic mass is 10.1. The van der Waals surface area contributed by atoms with E-state index in [2.05, 4.69) is 11.1 Å². The molecule has 0 radical (unpaired) electrons. The van der Waals surface area contributed by atoms with Crippen LogP contribution in [0.3, 0.4) is 0 Å². The summed E-state index contributed by atoms with van der Waals surface area (Å²) in [6.45, 7) is 0.229. The zero-order chi connectivity index (χ0) is 13.1. The summed E-state index contributed by atoms with van der Waals surface area (Å²) in [7, 11) is 0. The molecular formula is C12H7Cl2N3O. The first kappa shape index (κ1) is 12.6. The summed E-state index contributed by atoms with van der Waals surface area (Å²) in [4.78, 5) is 15.6. The molecule has 90 valence electrons. The molecule has 4 nitrogen and oxygen atoms in total. The van der Waals surface area contributed by atoms with Gasteiger partial charge in [0.2, 0.25) is 0 Å². The molecule has 0 unspecified atom stereocenters. The van der Waals surface area contributed by atoms with E-state index in [1.807, 2.05) is 0 Å². The molecule has 0 saturated carbocycles. The van der Waals surface area contributed by atoms with Gasteiger partial charge in [0.05, 0.1) is 24.5 Å². The van der Waals surface area contributed by atoms with Crippen LogP contribution in [0.2, 0.25) is 10.2 Å². The predicted octanol–water partition coefficient (Wildman–Crippen LogP) is 2.47. The number of nitrogens with zero attached hydrogens (tertiary/aromatic N) is 3. The average Bonchev–Trinajstić information content (AvgIpc) is 2.40. The maximum absolute atomic E-state index is 11.8. The minimum absolute atomic E-state index is 0.0218. The van der Waals surface area contributed by atoms with Crippen molar-refractivity contribution in [3.05, 3.63) is 62.2 Å². The molecule has 2 rings (SSSR count). The van der Waals surface area contributed by atoms with Gasteiger partial charge in [-0.3, -0.25) is 9.36 Å². The van der Waals surface area contributed by atoms with E-state index in [9.17, 15) is 4.79 Å². The van der Waals surface area contributed by atoms with Crippen LogP contribution in [0.15, 0.2) is 35.4 Å². The Morgan fingerprint density at radius 1 is 1.33 bits per heavy atom. The number of hydrogen-bond acceptors (Lipinski definition) is 3. The van der Waals surface area contributed by atoms with Gasteiger partial charge in [-0.05, 0) is 11.6 Å². The molecule has 0 aliphatic heterocycles. The summed E-state index contributed by atoms with van der Waals surface area (Å²) in [5, 5.41) is 8.83. The van der Waals surface area contributed by atoms with Gasteiger partial charge in [-0.2, -0.15) is 5.26 Å². The SMILES string of the molecule is N#Cc1ccccc1Cn1cnc(Cl)c(Cl)c1=O. The molecule has 0 bridgehead atoms. The Bertz CT molecular complexity index is 688. The van der Waals surface area contributed by atoms with Crippen LogP contribution in [0.4, 0.5) is 0 Å². The predicted molar refractivity (Wildman–Crippen MR) is 68.8 cm³/mol. The first-order chi connectivity index (χ1) is 8.63. The second kappa shape index (κ2) is 5.21. The van der Waals surface area contributed by atoms with Crippen LogP contribution in [-0.4, -0.2) is 9.55 Å². The summed E-state index contributed by atoms with van der Waals surface area (Å²) < 4.78 is 1.31. The van der Waals surface area contributed by atoms with E-state index in [0.29, 0.717) is 5.56 Å². The molecule has 18 heavy (non-hydrogen) atoms. The highest BCUT2D eigenvalue weighted by atomic mass is 35.5. The van der Waals surface area contributed by atoms with E-state index in [-0.39, 0.29) is 16.7 Å². The third-order valence-electron chi connectivity index (χ3n) is 2.42. The topological polar surface area (TPSA) is 58.7 Å². The zero-order valence-corrected chi connectivity index (χ0v) is 10.6. The van der Waals surface area contributed by atoms with E-state index in [4.69, 9.17) is 28.5 Å². The van der Waals surface area contributed by atoms with E-state index >= 15 is 0 Å². The van der Waals surface area contributed by atoms with Crippen LogP contribution in [0.5, 0.6) is 0 Å². The standard InChI is InChI=1S/C12H7Cl2N3O/c13-10-11(14)16-7-17(12(10)18)6-9-4-2-1-3-8(9)5-15/h1-4,7H,6H2. The molecule has 0 saturated heterocycles. The third-order valence-corrected chi connectivity index (χ3v) is 3.14. The summed E-state index contributed by atoms with van der Waals surface area (Å²) in [6, 6.07) is 9.08. The molecule has 0 fully saturated rings. The van der Waals surface area contributed by atoms with Gasteiger partial charge in [0, 0.05) is 0 Å². The molecule has 0 aliphatic carbocycles. The minimum atomic E-state index is -0.426. The lowest BCUT2D eigenvalue weighted by Gasteiger charge is -2.07. The summed E-state index contributed by atoms with van der Waals surface area (Å²) >= 11 is 11.4. The van der Waals surface area contributed by atoms with Gasteiger partial charge in [0.1, 0.15) is 5.02 Å². The van der Waals surface area contributed by atoms with Crippen molar-refractivity contribution in [1.82, 2.24) is 9.55 Å². The first-order valence-corrected chi connectivity index (χ1v) is 5.77. The molecule has 1 aromatic carbocycles. The maximum atomic E-state index is 11.8. The van der Waals surface area contributed by atoms with Crippen molar-refractivity contribution in [1.29, 1.82) is 5.26 Å². The van der Waals surface area contributed by atoms with Crippen LogP contribution in [0, 0.1) is 11.3 Å². The van der Waals surface area contributed by atoms with Crippen molar-refractivity contribution in [3.63, 3.8) is 0 Å². The Labute approximate surface area is 113 Å². The molecule has 0 N–H and O–H groups in total. The highest BCUT2D eigenvalue weighted by Gasteiger charge is 2.09. The fourth-order valence-electron chi connectivity index (χ4n) is 1.51. The first-order valence-electron chi connectivity index (χ1n) is 5.02. The number of nitriles is 1. The summed E-state index contributed by atoms with van der Waals surface area (Å²) in [5.41, 5.74) is 0.808. The number of aromatic nitrogens is 2. The van der Waals surface area contributed by atoms with Crippen LogP contribution in [0.1, 0.15) is 11.1 Å². The normalized spacial score (nSPS) is 10.1. The Morgan fingerprint density at radius 3 is 2.78 bits per heavy atom. The van der Waals surface area contributed by atoms with Gasteiger partial charge in [0.25, 0.3) is 5.56 Å². The second-order valence-corrected chi connectivity index (χ2v) is 4.29. The molecule has 0 spiro atoms. The fraction of sp³-hybridized carbons (Fsp3) is 0.0833. The van der Waals surface area contributed by atoms with Crippen molar-refractivity contribution in [3.8, 4) is 6.07 Å². The second-order valence-electron chi connectivity index (χ2n) is 3.55. The molecule has 2 aromatic rings. The lowest BCUT2D eigenvalue weighted by molar-refractivity contribution is 0.735. The zero-order valence-electron chi connectivity index (χ0n) is 9.10. The molecule has 1 aromatic heterocycles. The molecule has 0 atom stereocenters. The van der Waals surface area contributed by atoms with E-state index < -0.39 is 5.56 Å². The van der Waals surface area contributed by atoms with Crippen molar-refractivity contribution in [2.75, 3.05) is 0 Å². The largest absolute Gasteiger partial charge is 0.293 e. The Morgan fingerprint density at radius 2 is 2.06 bits per heavy atom. The van der Waals surface area contributed by atoms with Gasteiger partial charge in [-0.1, -0.05) is 41.4 Å². The van der Waals surface area contributed by atoms with E-state index in [1.165, 1.54) is 10.9 Å². The molecule has 0 amide bonds.